The molecule has 1 saturated heterocycles. The van der Waals surface area contributed by atoms with E-state index in [9.17, 15) is 14.4 Å². The van der Waals surface area contributed by atoms with Crippen LogP contribution in [0.5, 0.6) is 5.75 Å². The summed E-state index contributed by atoms with van der Waals surface area (Å²) in [6.45, 7) is 5.26. The number of ether oxygens (including phenoxy) is 3. The van der Waals surface area contributed by atoms with E-state index in [-0.39, 0.29) is 24.3 Å². The molecule has 8 nitrogen and oxygen atoms in total. The summed E-state index contributed by atoms with van der Waals surface area (Å²) in [6, 6.07) is 5.80. The summed E-state index contributed by atoms with van der Waals surface area (Å²) in [6.07, 6.45) is 0.290. The van der Waals surface area contributed by atoms with Crippen LogP contribution in [0.15, 0.2) is 24.3 Å². The van der Waals surface area contributed by atoms with Crippen LogP contribution < -0.4 is 10.1 Å². The van der Waals surface area contributed by atoms with Crippen molar-refractivity contribution in [2.45, 2.75) is 38.8 Å². The van der Waals surface area contributed by atoms with Crippen LogP contribution in [0, 0.1) is 0 Å². The van der Waals surface area contributed by atoms with Crippen LogP contribution in [0.3, 0.4) is 0 Å². The van der Waals surface area contributed by atoms with Crippen molar-refractivity contribution < 1.29 is 28.6 Å². The molecule has 2 unspecified atom stereocenters. The second-order valence-corrected chi connectivity index (χ2v) is 6.58. The Kier molecular flexibility index (Phi) is 8.25. The molecule has 1 aliphatic rings. The molecule has 0 bridgehead atoms. The number of carbonyl (C=O) groups excluding carboxylic acids is 3. The standard InChI is InChI=1S/C20H28N2O6/c1-4-14(2)28-18(23)13-17-19(24)21-9-10-22(17)20(25)15-5-7-16(8-6-15)27-12-11-26-3/h5-8,14,17H,4,9-13H2,1-3H3,(H,21,24). The van der Waals surface area contributed by atoms with Gasteiger partial charge in [-0.25, -0.2) is 0 Å². The Morgan fingerprint density at radius 3 is 2.61 bits per heavy atom. The summed E-state index contributed by atoms with van der Waals surface area (Å²) in [5, 5.41) is 2.71. The van der Waals surface area contributed by atoms with Crippen molar-refractivity contribution in [3.8, 4) is 5.75 Å². The van der Waals surface area contributed by atoms with E-state index in [1.54, 1.807) is 38.3 Å². The Morgan fingerprint density at radius 1 is 1.25 bits per heavy atom. The van der Waals surface area contributed by atoms with Gasteiger partial charge in [-0.3, -0.25) is 14.4 Å². The number of esters is 1. The van der Waals surface area contributed by atoms with Crippen molar-refractivity contribution in [2.75, 3.05) is 33.4 Å². The first-order chi connectivity index (χ1) is 13.5. The third-order valence-corrected chi connectivity index (χ3v) is 4.52. The predicted octanol–water partition coefficient (Wildman–Crippen LogP) is 1.38. The highest BCUT2D eigenvalue weighted by molar-refractivity contribution is 5.99. The average molecular weight is 392 g/mol. The molecule has 28 heavy (non-hydrogen) atoms. The van der Waals surface area contributed by atoms with Gasteiger partial charge in [-0.1, -0.05) is 6.92 Å². The fraction of sp³-hybridized carbons (Fsp3) is 0.550. The van der Waals surface area contributed by atoms with E-state index in [1.165, 1.54) is 4.90 Å². The van der Waals surface area contributed by atoms with Gasteiger partial charge < -0.3 is 24.4 Å². The van der Waals surface area contributed by atoms with Gasteiger partial charge in [0, 0.05) is 25.8 Å². The lowest BCUT2D eigenvalue weighted by molar-refractivity contribution is -0.151. The normalized spacial score (nSPS) is 17.6. The van der Waals surface area contributed by atoms with E-state index in [1.807, 2.05) is 6.92 Å². The van der Waals surface area contributed by atoms with E-state index >= 15 is 0 Å². The lowest BCUT2D eigenvalue weighted by Crippen LogP contribution is -2.57. The number of hydrogen-bond acceptors (Lipinski definition) is 6. The SMILES string of the molecule is CCC(C)OC(=O)CC1C(=O)NCCN1C(=O)c1ccc(OCCOC)cc1. The molecule has 0 spiro atoms. The van der Waals surface area contributed by atoms with Gasteiger partial charge in [0.2, 0.25) is 5.91 Å². The predicted molar refractivity (Wildman–Crippen MR) is 102 cm³/mol. The molecule has 1 heterocycles. The zero-order chi connectivity index (χ0) is 20.5. The number of hydrogen-bond donors (Lipinski definition) is 1. The Bertz CT molecular complexity index is 676. The van der Waals surface area contributed by atoms with Gasteiger partial charge in [-0.2, -0.15) is 0 Å². The second kappa shape index (κ2) is 10.7. The van der Waals surface area contributed by atoms with E-state index in [0.717, 1.165) is 0 Å². The minimum absolute atomic E-state index is 0.167. The van der Waals surface area contributed by atoms with Gasteiger partial charge in [0.1, 0.15) is 18.4 Å². The highest BCUT2D eigenvalue weighted by atomic mass is 16.5. The van der Waals surface area contributed by atoms with Crippen LogP contribution in [0.1, 0.15) is 37.0 Å². The summed E-state index contributed by atoms with van der Waals surface area (Å²) >= 11 is 0. The lowest BCUT2D eigenvalue weighted by Gasteiger charge is -2.34. The number of methoxy groups -OCH3 is 1. The highest BCUT2D eigenvalue weighted by Crippen LogP contribution is 2.18. The quantitative estimate of drug-likeness (QED) is 0.504. The number of rotatable bonds is 9. The van der Waals surface area contributed by atoms with E-state index in [2.05, 4.69) is 5.32 Å². The molecule has 2 amide bonds. The molecular weight excluding hydrogens is 364 g/mol. The lowest BCUT2D eigenvalue weighted by atomic mass is 10.1. The molecule has 8 heteroatoms. The fourth-order valence-corrected chi connectivity index (χ4v) is 2.78. The molecule has 1 fully saturated rings. The van der Waals surface area contributed by atoms with E-state index in [0.29, 0.717) is 44.0 Å². The average Bonchev–Trinajstić information content (AvgIpc) is 2.69. The molecular formula is C20H28N2O6. The molecule has 154 valence electrons. The molecule has 0 aliphatic carbocycles. The fourth-order valence-electron chi connectivity index (χ4n) is 2.78. The summed E-state index contributed by atoms with van der Waals surface area (Å²) in [4.78, 5) is 38.8. The molecule has 0 aromatic heterocycles. The molecule has 0 saturated carbocycles. The summed E-state index contributed by atoms with van der Waals surface area (Å²) in [5.41, 5.74) is 0.425. The van der Waals surface area contributed by atoms with Crippen molar-refractivity contribution in [1.82, 2.24) is 10.2 Å². The topological polar surface area (TPSA) is 94.2 Å². The zero-order valence-corrected chi connectivity index (χ0v) is 16.6. The Hall–Kier alpha value is -2.61. The van der Waals surface area contributed by atoms with Crippen LogP contribution in [0.4, 0.5) is 0 Å². The van der Waals surface area contributed by atoms with Gasteiger partial charge in [-0.15, -0.1) is 0 Å². The number of amides is 2. The number of nitrogens with zero attached hydrogens (tertiary/aromatic N) is 1. The zero-order valence-electron chi connectivity index (χ0n) is 16.6. The van der Waals surface area contributed by atoms with Crippen molar-refractivity contribution in [2.24, 2.45) is 0 Å². The minimum Gasteiger partial charge on any atom is -0.491 e. The monoisotopic (exact) mass is 392 g/mol. The Morgan fingerprint density at radius 2 is 1.96 bits per heavy atom. The van der Waals surface area contributed by atoms with E-state index in [4.69, 9.17) is 14.2 Å². The molecule has 1 N–H and O–H groups in total. The van der Waals surface area contributed by atoms with Gasteiger partial charge in [0.25, 0.3) is 5.91 Å². The van der Waals surface area contributed by atoms with Crippen LogP contribution in [0.25, 0.3) is 0 Å². The van der Waals surface area contributed by atoms with Crippen LogP contribution in [0.2, 0.25) is 0 Å². The number of piperazine rings is 1. The van der Waals surface area contributed by atoms with Crippen molar-refractivity contribution >= 4 is 17.8 Å². The van der Waals surface area contributed by atoms with E-state index < -0.39 is 12.0 Å². The largest absolute Gasteiger partial charge is 0.491 e. The summed E-state index contributed by atoms with van der Waals surface area (Å²) < 4.78 is 15.7. The molecule has 1 aromatic carbocycles. The van der Waals surface area contributed by atoms with Gasteiger partial charge in [-0.05, 0) is 37.6 Å². The summed E-state index contributed by atoms with van der Waals surface area (Å²) in [5.74, 6) is -0.519. The summed E-state index contributed by atoms with van der Waals surface area (Å²) in [7, 11) is 1.59. The maximum atomic E-state index is 12.9. The second-order valence-electron chi connectivity index (χ2n) is 6.58. The van der Waals surface area contributed by atoms with Gasteiger partial charge in [0.15, 0.2) is 0 Å². The first kappa shape index (κ1) is 21.7. The third-order valence-electron chi connectivity index (χ3n) is 4.52. The van der Waals surface area contributed by atoms with Crippen LogP contribution in [-0.2, 0) is 19.1 Å². The van der Waals surface area contributed by atoms with Crippen LogP contribution in [-0.4, -0.2) is 68.2 Å². The molecule has 2 atom stereocenters. The number of nitrogens with one attached hydrogen (secondary N) is 1. The molecule has 1 aromatic rings. The van der Waals surface area contributed by atoms with Crippen LogP contribution >= 0.6 is 0 Å². The maximum absolute atomic E-state index is 12.9. The highest BCUT2D eigenvalue weighted by Gasteiger charge is 2.35. The van der Waals surface area contributed by atoms with Crippen molar-refractivity contribution in [3.63, 3.8) is 0 Å². The maximum Gasteiger partial charge on any atom is 0.308 e. The third kappa shape index (κ3) is 5.95. The van der Waals surface area contributed by atoms with Crippen molar-refractivity contribution in [3.05, 3.63) is 29.8 Å². The van der Waals surface area contributed by atoms with Gasteiger partial charge in [0.05, 0.1) is 19.1 Å². The smallest absolute Gasteiger partial charge is 0.308 e. The first-order valence-electron chi connectivity index (χ1n) is 9.46. The van der Waals surface area contributed by atoms with Crippen molar-refractivity contribution in [1.29, 1.82) is 0 Å². The molecule has 2 rings (SSSR count). The first-order valence-corrected chi connectivity index (χ1v) is 9.46. The van der Waals surface area contributed by atoms with Gasteiger partial charge >= 0.3 is 5.97 Å². The Balaban J connectivity index is 2.06. The minimum atomic E-state index is -0.879. The number of carbonyl (C=O) groups is 3. The Labute approximate surface area is 165 Å². The molecule has 1 aliphatic heterocycles. The number of benzene rings is 1. The molecule has 0 radical (unpaired) electrons.